The van der Waals surface area contributed by atoms with Gasteiger partial charge in [-0.2, -0.15) is 0 Å². The molecule has 0 amide bonds. The molecule has 0 aliphatic carbocycles. The van der Waals surface area contributed by atoms with Gasteiger partial charge in [-0.25, -0.2) is 0 Å². The van der Waals surface area contributed by atoms with Gasteiger partial charge in [0, 0.05) is 23.5 Å². The summed E-state index contributed by atoms with van der Waals surface area (Å²) in [5.74, 6) is 2.15. The normalized spacial score (nSPS) is 16.9. The highest BCUT2D eigenvalue weighted by molar-refractivity contribution is 7.80. The predicted octanol–water partition coefficient (Wildman–Crippen LogP) is 8.91. The molecule has 2 aliphatic heterocycles. The van der Waals surface area contributed by atoms with E-state index in [0.29, 0.717) is 0 Å². The minimum atomic E-state index is -0.860. The molecule has 2 unspecified atom stereocenters. The zero-order chi connectivity index (χ0) is 34.9. The van der Waals surface area contributed by atoms with E-state index in [0.717, 1.165) is 43.6 Å². The molecule has 2 atom stereocenters. The van der Waals surface area contributed by atoms with Crippen molar-refractivity contribution in [1.29, 1.82) is 0 Å². The molecule has 2 nitrogen and oxygen atoms in total. The Labute approximate surface area is 306 Å². The fourth-order valence-corrected chi connectivity index (χ4v) is 13.3. The molecule has 2 bridgehead atoms. The van der Waals surface area contributed by atoms with E-state index >= 15 is 0 Å². The number of ether oxygens (including phenoxy) is 2. The van der Waals surface area contributed by atoms with E-state index in [4.69, 9.17) is 9.47 Å². The van der Waals surface area contributed by atoms with E-state index in [1.54, 1.807) is 0 Å². The first-order chi connectivity index (χ1) is 24.9. The average molecular weight is 705 g/mol. The zero-order valence-corrected chi connectivity index (χ0v) is 31.9. The second-order valence-electron chi connectivity index (χ2n) is 14.4. The van der Waals surface area contributed by atoms with Crippen LogP contribution < -0.4 is 41.3 Å². The van der Waals surface area contributed by atoms with Gasteiger partial charge in [0.25, 0.3) is 0 Å². The second kappa shape index (κ2) is 14.8. The molecule has 6 aromatic carbocycles. The van der Waals surface area contributed by atoms with Gasteiger partial charge in [0.2, 0.25) is 0 Å². The highest BCUT2D eigenvalue weighted by Crippen LogP contribution is 2.43. The monoisotopic (exact) mass is 704 g/mol. The third-order valence-electron chi connectivity index (χ3n) is 10.1. The second-order valence-corrected chi connectivity index (χ2v) is 18.8. The van der Waals surface area contributed by atoms with Gasteiger partial charge in [-0.15, -0.1) is 0 Å². The molecule has 0 fully saturated rings. The van der Waals surface area contributed by atoms with Crippen LogP contribution in [-0.2, 0) is 12.8 Å². The van der Waals surface area contributed by atoms with E-state index < -0.39 is 15.8 Å². The SMILES string of the molecule is Cc1cc(C)cc(P(c2cc(C)cc(C)c2)c2cccc3c2OC2CCCC(C3)Oc3c(cccc3P(c3ccccc3)c3ccccc3)C2)c1. The van der Waals surface area contributed by atoms with Crippen molar-refractivity contribution < 1.29 is 9.47 Å². The first kappa shape index (κ1) is 33.9. The Morgan fingerprint density at radius 2 is 0.824 bits per heavy atom. The van der Waals surface area contributed by atoms with E-state index in [1.807, 2.05) is 0 Å². The lowest BCUT2D eigenvalue weighted by Gasteiger charge is -2.31. The molecular weight excluding hydrogens is 658 g/mol. The van der Waals surface area contributed by atoms with Crippen LogP contribution in [0.4, 0.5) is 0 Å². The van der Waals surface area contributed by atoms with Crippen LogP contribution in [0.15, 0.2) is 133 Å². The highest BCUT2D eigenvalue weighted by Gasteiger charge is 2.32. The molecule has 0 radical (unpaired) electrons. The Hall–Kier alpha value is -4.22. The summed E-state index contributed by atoms with van der Waals surface area (Å²) >= 11 is 0. The quantitative estimate of drug-likeness (QED) is 0.161. The van der Waals surface area contributed by atoms with Crippen molar-refractivity contribution >= 4 is 47.7 Å². The predicted molar refractivity (Wildman–Crippen MR) is 219 cm³/mol. The van der Waals surface area contributed by atoms with Crippen LogP contribution in [0.1, 0.15) is 52.6 Å². The number of aryl methyl sites for hydroxylation is 4. The Bertz CT molecular complexity index is 2030. The molecule has 6 aromatic rings. The summed E-state index contributed by atoms with van der Waals surface area (Å²) in [4.78, 5) is 0. The van der Waals surface area contributed by atoms with Gasteiger partial charge in [0.1, 0.15) is 23.7 Å². The maximum Gasteiger partial charge on any atom is 0.131 e. The number of benzene rings is 6. The molecule has 2 heterocycles. The van der Waals surface area contributed by atoms with Gasteiger partial charge in [-0.05, 0) is 95.1 Å². The number of hydrogen-bond donors (Lipinski definition) is 0. The van der Waals surface area contributed by atoms with E-state index in [1.165, 1.54) is 65.2 Å². The Kier molecular flexibility index (Phi) is 9.83. The number of fused-ring (bicyclic) bond motifs is 6. The summed E-state index contributed by atoms with van der Waals surface area (Å²) in [5.41, 5.74) is 7.74. The van der Waals surface area contributed by atoms with Crippen LogP contribution in [0.2, 0.25) is 0 Å². The smallest absolute Gasteiger partial charge is 0.131 e. The highest BCUT2D eigenvalue weighted by atomic mass is 31.1. The number of rotatable bonds is 6. The van der Waals surface area contributed by atoms with Crippen LogP contribution in [0.25, 0.3) is 0 Å². The van der Waals surface area contributed by atoms with Crippen LogP contribution >= 0.6 is 15.8 Å². The van der Waals surface area contributed by atoms with Crippen LogP contribution in [0.3, 0.4) is 0 Å². The van der Waals surface area contributed by atoms with Crippen molar-refractivity contribution in [2.45, 2.75) is 72.0 Å². The summed E-state index contributed by atoms with van der Waals surface area (Å²) in [5, 5.41) is 8.06. The summed E-state index contributed by atoms with van der Waals surface area (Å²) in [6.07, 6.45) is 4.84. The Balaban J connectivity index is 1.25. The van der Waals surface area contributed by atoms with Crippen LogP contribution in [-0.4, -0.2) is 12.2 Å². The topological polar surface area (TPSA) is 18.5 Å². The molecule has 4 heteroatoms. The maximum absolute atomic E-state index is 7.41. The summed E-state index contributed by atoms with van der Waals surface area (Å²) in [6, 6.07) is 49.9. The Morgan fingerprint density at radius 1 is 0.431 bits per heavy atom. The fourth-order valence-electron chi connectivity index (χ4n) is 8.06. The zero-order valence-electron chi connectivity index (χ0n) is 30.1. The van der Waals surface area contributed by atoms with Crippen molar-refractivity contribution in [2.24, 2.45) is 0 Å². The minimum absolute atomic E-state index is 0.0503. The van der Waals surface area contributed by atoms with Gasteiger partial charge >= 0.3 is 0 Å². The molecule has 0 aromatic heterocycles. The molecule has 51 heavy (non-hydrogen) atoms. The molecule has 256 valence electrons. The molecule has 0 spiro atoms. The van der Waals surface area contributed by atoms with E-state index in [-0.39, 0.29) is 12.2 Å². The lowest BCUT2D eigenvalue weighted by Crippen LogP contribution is -2.30. The van der Waals surface area contributed by atoms with Crippen LogP contribution in [0.5, 0.6) is 11.5 Å². The summed E-state index contributed by atoms with van der Waals surface area (Å²) < 4.78 is 14.8. The summed E-state index contributed by atoms with van der Waals surface area (Å²) in [6.45, 7) is 8.88. The van der Waals surface area contributed by atoms with Gasteiger partial charge in [-0.3, -0.25) is 0 Å². The standard InChI is InChI=1S/C47H46O2P2/c1-32-24-33(2)27-42(26-32)51(43-28-34(3)25-35(4)29-43)45-23-12-15-37-31-38-16-13-17-39(49-47(37)45)30-36-14-11-22-44(46(36)48-38)50(40-18-7-5-8-19-40)41-20-9-6-10-21-41/h5-12,14-15,18-29,38-39H,13,16-17,30-31H2,1-4H3. The third-order valence-corrected chi connectivity index (χ3v) is 15.0. The van der Waals surface area contributed by atoms with E-state index in [2.05, 4.69) is 161 Å². The van der Waals surface area contributed by atoms with Gasteiger partial charge in [-0.1, -0.05) is 156 Å². The van der Waals surface area contributed by atoms with Crippen molar-refractivity contribution in [3.8, 4) is 11.5 Å². The molecule has 0 saturated carbocycles. The maximum atomic E-state index is 7.41. The van der Waals surface area contributed by atoms with E-state index in [9.17, 15) is 0 Å². The minimum Gasteiger partial charge on any atom is -0.489 e. The first-order valence-electron chi connectivity index (χ1n) is 18.3. The third kappa shape index (κ3) is 7.28. The van der Waals surface area contributed by atoms with Gasteiger partial charge in [0.15, 0.2) is 0 Å². The van der Waals surface area contributed by atoms with Crippen molar-refractivity contribution in [2.75, 3.05) is 0 Å². The average Bonchev–Trinajstić information content (AvgIpc) is 3.25. The van der Waals surface area contributed by atoms with Gasteiger partial charge in [0.05, 0.1) is 0 Å². The van der Waals surface area contributed by atoms with Crippen molar-refractivity contribution in [3.63, 3.8) is 0 Å². The molecule has 0 N–H and O–H groups in total. The van der Waals surface area contributed by atoms with Crippen LogP contribution in [0, 0.1) is 27.7 Å². The lowest BCUT2D eigenvalue weighted by atomic mass is 10.0. The molecule has 0 saturated heterocycles. The molecule has 2 aliphatic rings. The summed E-state index contributed by atoms with van der Waals surface area (Å²) in [7, 11) is -1.67. The van der Waals surface area contributed by atoms with Crippen molar-refractivity contribution in [3.05, 3.63) is 167 Å². The molecule has 8 rings (SSSR count). The Morgan fingerprint density at radius 3 is 1.24 bits per heavy atom. The first-order valence-corrected chi connectivity index (χ1v) is 21.0. The van der Waals surface area contributed by atoms with Gasteiger partial charge < -0.3 is 9.47 Å². The largest absolute Gasteiger partial charge is 0.489 e. The number of hydrogen-bond acceptors (Lipinski definition) is 2. The van der Waals surface area contributed by atoms with Crippen molar-refractivity contribution in [1.82, 2.24) is 0 Å². The number of para-hydroxylation sites is 2. The molecular formula is C47H46O2P2. The lowest BCUT2D eigenvalue weighted by molar-refractivity contribution is 0.189. The fraction of sp³-hybridized carbons (Fsp3) is 0.234.